The normalized spacial score (nSPS) is 14.3. The summed E-state index contributed by atoms with van der Waals surface area (Å²) in [6.45, 7) is 13.3. The molecule has 1 aromatic heterocycles. The third-order valence-electron chi connectivity index (χ3n) is 7.73. The molecule has 10 nitrogen and oxygen atoms in total. The molecule has 1 aliphatic carbocycles. The van der Waals surface area contributed by atoms with Gasteiger partial charge in [0.25, 0.3) is 0 Å². The van der Waals surface area contributed by atoms with Crippen LogP contribution in [-0.2, 0) is 15.8 Å². The number of hydrogen-bond donors (Lipinski definition) is 1. The number of nitrogens with one attached hydrogen (secondary N) is 1. The number of anilines is 2. The van der Waals surface area contributed by atoms with Crippen LogP contribution in [0.3, 0.4) is 0 Å². The number of nitrogens with zero attached hydrogens (tertiary/aromatic N) is 5. The topological polar surface area (TPSA) is 126 Å². The second-order valence-electron chi connectivity index (χ2n) is 11.6. The van der Waals surface area contributed by atoms with Gasteiger partial charge in [-0.3, -0.25) is 10.1 Å². The van der Waals surface area contributed by atoms with Crippen molar-refractivity contribution in [3.63, 3.8) is 0 Å². The number of nitriles is 1. The molecule has 11 heteroatoms. The monoisotopic (exact) mass is 554 g/mol. The van der Waals surface area contributed by atoms with Crippen LogP contribution < -0.4 is 10.2 Å². The molecule has 1 aromatic carbocycles. The smallest absolute Gasteiger partial charge is 0.353 e. The van der Waals surface area contributed by atoms with Gasteiger partial charge in [-0.1, -0.05) is 63.9 Å². The molecular weight excluding hydrogens is 512 g/mol. The summed E-state index contributed by atoms with van der Waals surface area (Å²) in [6, 6.07) is 11.8. The molecule has 1 fully saturated rings. The van der Waals surface area contributed by atoms with E-state index in [0.717, 1.165) is 31.2 Å². The van der Waals surface area contributed by atoms with Gasteiger partial charge < -0.3 is 19.4 Å². The summed E-state index contributed by atoms with van der Waals surface area (Å²) < 4.78 is 12.3. The van der Waals surface area contributed by atoms with E-state index in [1.165, 1.54) is 0 Å². The first-order valence-electron chi connectivity index (χ1n) is 13.7. The Morgan fingerprint density at radius 1 is 1.15 bits per heavy atom. The maximum atomic E-state index is 12.3. The Hall–Kier alpha value is -3.07. The van der Waals surface area contributed by atoms with Gasteiger partial charge in [0, 0.05) is 19.6 Å². The van der Waals surface area contributed by atoms with Gasteiger partial charge in [0.15, 0.2) is 8.32 Å². The predicted octanol–water partition coefficient (Wildman–Crippen LogP) is 5.90. The van der Waals surface area contributed by atoms with Crippen LogP contribution in [0.2, 0.25) is 18.1 Å². The fourth-order valence-corrected chi connectivity index (χ4v) is 5.39. The van der Waals surface area contributed by atoms with Crippen molar-refractivity contribution >= 4 is 25.6 Å². The van der Waals surface area contributed by atoms with Gasteiger partial charge in [-0.2, -0.15) is 15.2 Å². The predicted molar refractivity (Wildman–Crippen MR) is 155 cm³/mol. The number of hydrogen-bond acceptors (Lipinski definition) is 9. The summed E-state index contributed by atoms with van der Waals surface area (Å²) in [6.07, 6.45) is 4.49. The van der Waals surface area contributed by atoms with Crippen LogP contribution in [0.25, 0.3) is 0 Å². The number of ether oxygens (including phenoxy) is 1. The fraction of sp³-hybridized carbons (Fsp3) is 0.607. The molecule has 0 atom stereocenters. The highest BCUT2D eigenvalue weighted by molar-refractivity contribution is 6.74. The van der Waals surface area contributed by atoms with Crippen molar-refractivity contribution in [2.24, 2.45) is 5.92 Å². The van der Waals surface area contributed by atoms with E-state index in [2.05, 4.69) is 49.1 Å². The third kappa shape index (κ3) is 8.71. The van der Waals surface area contributed by atoms with Crippen molar-refractivity contribution in [2.45, 2.75) is 71.2 Å². The van der Waals surface area contributed by atoms with Crippen LogP contribution in [0.15, 0.2) is 30.3 Å². The number of nitro groups is 1. The van der Waals surface area contributed by atoms with Crippen LogP contribution >= 0.6 is 0 Å². The van der Waals surface area contributed by atoms with Gasteiger partial charge in [-0.15, -0.1) is 0 Å². The Kier molecular flexibility index (Phi) is 10.8. The molecule has 212 valence electrons. The molecule has 1 aliphatic rings. The average Bonchev–Trinajstić information content (AvgIpc) is 3.42. The molecule has 0 saturated heterocycles. The highest BCUT2D eigenvalue weighted by Gasteiger charge is 2.37. The van der Waals surface area contributed by atoms with Crippen molar-refractivity contribution in [3.05, 3.63) is 51.8 Å². The Morgan fingerprint density at radius 3 is 2.44 bits per heavy atom. The standard InChI is InChI=1S/C28H42N6O4Si/c1-28(2,3)39(4,5)38-18-16-33(15-17-37-21-23-13-7-6-8-14-23)27-25(34(35)36)26(31-24(19-29)32-27)30-20-22-11-9-10-12-22/h6-8,13-14,22H,9-12,15-18,20-21H2,1-5H3,(H,30,31,32). The molecule has 1 saturated carbocycles. The fourth-order valence-electron chi connectivity index (χ4n) is 4.35. The highest BCUT2D eigenvalue weighted by Crippen LogP contribution is 2.37. The minimum Gasteiger partial charge on any atom is -0.415 e. The number of rotatable bonds is 14. The van der Waals surface area contributed by atoms with Crippen LogP contribution in [-0.4, -0.2) is 56.1 Å². The van der Waals surface area contributed by atoms with Gasteiger partial charge in [0.2, 0.25) is 17.5 Å². The molecule has 39 heavy (non-hydrogen) atoms. The Balaban J connectivity index is 1.85. The first kappa shape index (κ1) is 30.5. The summed E-state index contributed by atoms with van der Waals surface area (Å²) >= 11 is 0. The van der Waals surface area contributed by atoms with Gasteiger partial charge >= 0.3 is 5.69 Å². The van der Waals surface area contributed by atoms with Crippen LogP contribution in [0.1, 0.15) is 57.8 Å². The molecule has 0 spiro atoms. The SMILES string of the molecule is CC(C)(C)[Si](C)(C)OCCN(CCOCc1ccccc1)c1nc(C#N)nc(NCC2CCCC2)c1[N+](=O)[O-]. The van der Waals surface area contributed by atoms with Crippen molar-refractivity contribution in [2.75, 3.05) is 43.1 Å². The molecule has 0 radical (unpaired) electrons. The quantitative estimate of drug-likeness (QED) is 0.131. The summed E-state index contributed by atoms with van der Waals surface area (Å²) in [5.74, 6) is 0.538. The van der Waals surface area contributed by atoms with E-state index in [-0.39, 0.29) is 28.2 Å². The third-order valence-corrected chi connectivity index (χ3v) is 12.3. The Morgan fingerprint density at radius 2 is 1.82 bits per heavy atom. The minimum absolute atomic E-state index is 0.0306. The molecule has 3 rings (SSSR count). The molecule has 0 amide bonds. The summed E-state index contributed by atoms with van der Waals surface area (Å²) in [4.78, 5) is 22.2. The number of aromatic nitrogens is 2. The maximum Gasteiger partial charge on any atom is 0.353 e. The van der Waals surface area contributed by atoms with E-state index in [4.69, 9.17) is 9.16 Å². The van der Waals surface area contributed by atoms with Crippen LogP contribution in [0, 0.1) is 27.4 Å². The average molecular weight is 555 g/mol. The van der Waals surface area contributed by atoms with Crippen molar-refractivity contribution in [1.29, 1.82) is 5.26 Å². The molecule has 1 N–H and O–H groups in total. The first-order valence-corrected chi connectivity index (χ1v) is 16.6. The van der Waals surface area contributed by atoms with E-state index in [1.807, 2.05) is 36.4 Å². The highest BCUT2D eigenvalue weighted by atomic mass is 28.4. The Bertz CT molecular complexity index is 1130. The van der Waals surface area contributed by atoms with Crippen LogP contribution in [0.5, 0.6) is 0 Å². The molecule has 2 aromatic rings. The lowest BCUT2D eigenvalue weighted by Crippen LogP contribution is -2.43. The molecule has 0 bridgehead atoms. The van der Waals surface area contributed by atoms with Gasteiger partial charge in [0.05, 0.1) is 24.7 Å². The lowest BCUT2D eigenvalue weighted by molar-refractivity contribution is -0.383. The first-order chi connectivity index (χ1) is 18.5. The van der Waals surface area contributed by atoms with E-state index in [9.17, 15) is 15.4 Å². The van der Waals surface area contributed by atoms with E-state index >= 15 is 0 Å². The van der Waals surface area contributed by atoms with Crippen LogP contribution in [0.4, 0.5) is 17.3 Å². The molecule has 1 heterocycles. The second kappa shape index (κ2) is 13.8. The number of benzene rings is 1. The van der Waals surface area contributed by atoms with Crippen molar-refractivity contribution in [3.8, 4) is 6.07 Å². The van der Waals surface area contributed by atoms with Gasteiger partial charge in [-0.25, -0.2) is 0 Å². The molecular formula is C28H42N6O4Si. The lowest BCUT2D eigenvalue weighted by atomic mass is 10.1. The van der Waals surface area contributed by atoms with Gasteiger partial charge in [0.1, 0.15) is 6.07 Å². The summed E-state index contributed by atoms with van der Waals surface area (Å²) in [5.41, 5.74) is 0.825. The van der Waals surface area contributed by atoms with Crippen molar-refractivity contribution in [1.82, 2.24) is 9.97 Å². The zero-order valence-electron chi connectivity index (χ0n) is 23.9. The molecule has 0 aliphatic heterocycles. The minimum atomic E-state index is -2.04. The summed E-state index contributed by atoms with van der Waals surface area (Å²) in [5, 5.41) is 25.2. The Labute approximate surface area is 233 Å². The lowest BCUT2D eigenvalue weighted by Gasteiger charge is -2.37. The van der Waals surface area contributed by atoms with Crippen molar-refractivity contribution < 1.29 is 14.1 Å². The largest absolute Gasteiger partial charge is 0.415 e. The van der Waals surface area contributed by atoms with Gasteiger partial charge in [-0.05, 0) is 42.5 Å². The zero-order chi connectivity index (χ0) is 28.5. The van der Waals surface area contributed by atoms with E-state index in [1.54, 1.807) is 4.90 Å². The zero-order valence-corrected chi connectivity index (χ0v) is 24.9. The van der Waals surface area contributed by atoms with E-state index < -0.39 is 13.2 Å². The second-order valence-corrected chi connectivity index (χ2v) is 16.4. The van der Waals surface area contributed by atoms with E-state index in [0.29, 0.717) is 45.4 Å². The molecule has 0 unspecified atom stereocenters. The summed E-state index contributed by atoms with van der Waals surface area (Å²) in [7, 11) is -2.04. The maximum absolute atomic E-state index is 12.3.